The first-order chi connectivity index (χ1) is 8.96. The molecule has 0 fully saturated rings. The minimum Gasteiger partial charge on any atom is -0.497 e. The summed E-state index contributed by atoms with van der Waals surface area (Å²) in [6.45, 7) is 9.12. The van der Waals surface area contributed by atoms with Crippen molar-refractivity contribution in [3.63, 3.8) is 0 Å². The molecule has 112 valence electrons. The Bertz CT molecular complexity index is 353. The summed E-state index contributed by atoms with van der Waals surface area (Å²) in [7, 11) is -3.72. The molecule has 0 N–H and O–H groups in total. The van der Waals surface area contributed by atoms with E-state index in [9.17, 15) is 9.36 Å². The molecular weight excluding hydrogens is 271 g/mol. The molecule has 0 rings (SSSR count). The first-order valence-electron chi connectivity index (χ1n) is 6.37. The Morgan fingerprint density at radius 2 is 1.37 bits per heavy atom. The number of carbonyl (C=O) groups excluding carboxylic acids is 1. The van der Waals surface area contributed by atoms with Gasteiger partial charge < -0.3 is 18.5 Å². The van der Waals surface area contributed by atoms with E-state index < -0.39 is 13.6 Å². The number of hydrogen-bond acceptors (Lipinski definition) is 6. The quantitative estimate of drug-likeness (QED) is 0.282. The van der Waals surface area contributed by atoms with E-state index in [-0.39, 0.29) is 30.9 Å². The lowest BCUT2D eigenvalue weighted by molar-refractivity contribution is -0.138. The number of rotatable bonds is 9. The Morgan fingerprint density at radius 1 is 0.895 bits per heavy atom. The summed E-state index contributed by atoms with van der Waals surface area (Å²) in [5, 5.41) is -0.167. The summed E-state index contributed by atoms with van der Waals surface area (Å²) in [5.74, 6) is -0.537. The molecule has 0 aromatic rings. The fourth-order valence-electron chi connectivity index (χ4n) is 1.44. The summed E-state index contributed by atoms with van der Waals surface area (Å²) < 4.78 is 33.1. The fraction of sp³-hybridized carbons (Fsp3) is 0.750. The van der Waals surface area contributed by atoms with Crippen molar-refractivity contribution in [2.24, 2.45) is 0 Å². The maximum absolute atomic E-state index is 12.7. The Kier molecular flexibility index (Phi) is 8.72. The van der Waals surface area contributed by atoms with Crippen LogP contribution in [0.1, 0.15) is 34.6 Å². The van der Waals surface area contributed by atoms with E-state index in [1.165, 1.54) is 0 Å². The molecule has 0 aliphatic rings. The van der Waals surface area contributed by atoms with Crippen LogP contribution in [0.3, 0.4) is 0 Å². The van der Waals surface area contributed by atoms with Crippen molar-refractivity contribution in [1.82, 2.24) is 0 Å². The van der Waals surface area contributed by atoms with E-state index in [0.29, 0.717) is 6.61 Å². The molecule has 0 aliphatic carbocycles. The highest BCUT2D eigenvalue weighted by molar-refractivity contribution is 7.60. The summed E-state index contributed by atoms with van der Waals surface area (Å²) in [4.78, 5) is 12.0. The van der Waals surface area contributed by atoms with Gasteiger partial charge in [0, 0.05) is 0 Å². The first-order valence-corrected chi connectivity index (χ1v) is 7.91. The van der Waals surface area contributed by atoms with Gasteiger partial charge in [-0.05, 0) is 34.6 Å². The van der Waals surface area contributed by atoms with Crippen molar-refractivity contribution >= 4 is 13.6 Å². The zero-order valence-corrected chi connectivity index (χ0v) is 13.1. The van der Waals surface area contributed by atoms with E-state index in [1.807, 2.05) is 0 Å². The minimum atomic E-state index is -3.72. The molecule has 0 saturated heterocycles. The molecule has 0 amide bonds. The van der Waals surface area contributed by atoms with Gasteiger partial charge in [-0.3, -0.25) is 4.57 Å². The van der Waals surface area contributed by atoms with Gasteiger partial charge in [-0.1, -0.05) is 0 Å². The van der Waals surface area contributed by atoms with Crippen LogP contribution in [0.2, 0.25) is 0 Å². The molecule has 7 heteroatoms. The van der Waals surface area contributed by atoms with Crippen LogP contribution in [0.25, 0.3) is 0 Å². The molecule has 0 atom stereocenters. The average molecular weight is 294 g/mol. The summed E-state index contributed by atoms with van der Waals surface area (Å²) in [6, 6.07) is 0. The number of esters is 1. The summed E-state index contributed by atoms with van der Waals surface area (Å²) in [5.41, 5.74) is 0. The summed E-state index contributed by atoms with van der Waals surface area (Å²) in [6.07, 6.45) is 0. The van der Waals surface area contributed by atoms with Crippen LogP contribution in [0.5, 0.6) is 0 Å². The van der Waals surface area contributed by atoms with Gasteiger partial charge in [0.25, 0.3) is 0 Å². The zero-order valence-electron chi connectivity index (χ0n) is 12.2. The third-order valence-corrected chi connectivity index (χ3v) is 4.28. The lowest BCUT2D eigenvalue weighted by Gasteiger charge is -2.20. The Labute approximate surface area is 114 Å². The second-order valence-corrected chi connectivity index (χ2v) is 5.35. The van der Waals surface area contributed by atoms with Gasteiger partial charge in [-0.2, -0.15) is 0 Å². The highest BCUT2D eigenvalue weighted by Crippen LogP contribution is 2.57. The maximum Gasteiger partial charge on any atom is 0.372 e. The van der Waals surface area contributed by atoms with Gasteiger partial charge >= 0.3 is 13.6 Å². The molecule has 0 radical (unpaired) electrons. The van der Waals surface area contributed by atoms with Crippen LogP contribution >= 0.6 is 7.60 Å². The smallest absolute Gasteiger partial charge is 0.372 e. The van der Waals surface area contributed by atoms with Crippen LogP contribution in [0, 0.1) is 0 Å². The highest BCUT2D eigenvalue weighted by atomic mass is 31.2. The second-order valence-electron chi connectivity index (χ2n) is 3.39. The summed E-state index contributed by atoms with van der Waals surface area (Å²) >= 11 is 0. The predicted molar refractivity (Wildman–Crippen MR) is 71.8 cm³/mol. The minimum absolute atomic E-state index is 0.152. The molecular formula is C12H23O6P. The maximum atomic E-state index is 12.7. The third kappa shape index (κ3) is 5.35. The van der Waals surface area contributed by atoms with Gasteiger partial charge in [0.05, 0.1) is 26.4 Å². The Morgan fingerprint density at radius 3 is 1.74 bits per heavy atom. The van der Waals surface area contributed by atoms with Crippen molar-refractivity contribution < 1.29 is 27.9 Å². The number of carbonyl (C=O) groups is 1. The largest absolute Gasteiger partial charge is 0.497 e. The molecule has 0 unspecified atom stereocenters. The van der Waals surface area contributed by atoms with Crippen molar-refractivity contribution in [3.8, 4) is 0 Å². The zero-order chi connectivity index (χ0) is 14.9. The number of hydrogen-bond donors (Lipinski definition) is 0. The molecule has 0 saturated carbocycles. The molecule has 0 aromatic carbocycles. The van der Waals surface area contributed by atoms with Gasteiger partial charge in [0.1, 0.15) is 5.76 Å². The fourth-order valence-corrected chi connectivity index (χ4v) is 3.19. The molecule has 0 heterocycles. The molecule has 0 bridgehead atoms. The van der Waals surface area contributed by atoms with E-state index in [0.717, 1.165) is 0 Å². The molecule has 0 aliphatic heterocycles. The van der Waals surface area contributed by atoms with Crippen LogP contribution in [-0.2, 0) is 27.9 Å². The lowest BCUT2D eigenvalue weighted by atomic mass is 10.4. The van der Waals surface area contributed by atoms with E-state index >= 15 is 0 Å². The van der Waals surface area contributed by atoms with Crippen LogP contribution in [-0.4, -0.2) is 32.4 Å². The van der Waals surface area contributed by atoms with Crippen molar-refractivity contribution in [1.29, 1.82) is 0 Å². The van der Waals surface area contributed by atoms with E-state index in [2.05, 4.69) is 0 Å². The highest BCUT2D eigenvalue weighted by Gasteiger charge is 2.38. The number of allylic oxidation sites excluding steroid dienone is 1. The molecule has 6 nitrogen and oxygen atoms in total. The third-order valence-electron chi connectivity index (χ3n) is 2.04. The normalized spacial score (nSPS) is 12.9. The second kappa shape index (κ2) is 9.13. The van der Waals surface area contributed by atoms with Gasteiger partial charge in [-0.15, -0.1) is 0 Å². The number of ether oxygens (including phenoxy) is 2. The monoisotopic (exact) mass is 294 g/mol. The van der Waals surface area contributed by atoms with Crippen molar-refractivity contribution in [2.75, 3.05) is 26.4 Å². The van der Waals surface area contributed by atoms with Crippen LogP contribution in [0.4, 0.5) is 0 Å². The van der Waals surface area contributed by atoms with Crippen LogP contribution in [0.15, 0.2) is 11.1 Å². The van der Waals surface area contributed by atoms with Crippen molar-refractivity contribution in [3.05, 3.63) is 11.1 Å². The topological polar surface area (TPSA) is 71.1 Å². The average Bonchev–Trinajstić information content (AvgIpc) is 2.30. The SMILES string of the molecule is CCOC(=O)/C(=C(/C)OCC)P(=O)(OCC)OCC. The predicted octanol–water partition coefficient (Wildman–Crippen LogP) is 3.08. The van der Waals surface area contributed by atoms with Gasteiger partial charge in [-0.25, -0.2) is 4.79 Å². The molecule has 0 aromatic heterocycles. The van der Waals surface area contributed by atoms with Crippen molar-refractivity contribution in [2.45, 2.75) is 34.6 Å². The van der Waals surface area contributed by atoms with Crippen LogP contribution < -0.4 is 0 Å². The standard InChI is InChI=1S/C12H23O6P/c1-6-15-10(5)11(12(13)16-7-2)19(14,17-8-3)18-9-4/h6-9H2,1-5H3/b11-10+. The molecule has 0 spiro atoms. The van der Waals surface area contributed by atoms with E-state index in [1.54, 1.807) is 34.6 Å². The van der Waals surface area contributed by atoms with Gasteiger partial charge in [0.15, 0.2) is 5.31 Å². The Hall–Kier alpha value is -0.840. The Balaban J connectivity index is 5.59. The van der Waals surface area contributed by atoms with Gasteiger partial charge in [0.2, 0.25) is 0 Å². The first kappa shape index (κ1) is 18.2. The van der Waals surface area contributed by atoms with E-state index in [4.69, 9.17) is 18.5 Å². The lowest BCUT2D eigenvalue weighted by Crippen LogP contribution is -2.14. The molecule has 19 heavy (non-hydrogen) atoms.